The van der Waals surface area contributed by atoms with Crippen molar-refractivity contribution in [3.8, 4) is 11.5 Å². The van der Waals surface area contributed by atoms with Crippen molar-refractivity contribution in [1.82, 2.24) is 9.88 Å². The molecule has 0 spiro atoms. The Morgan fingerprint density at radius 1 is 1.00 bits per heavy atom. The number of ether oxygens (including phenoxy) is 2. The smallest absolute Gasteiger partial charge is 0.219 e. The number of aryl methyl sites for hydroxylation is 1. The van der Waals surface area contributed by atoms with Crippen LogP contribution in [0, 0.1) is 0 Å². The highest BCUT2D eigenvalue weighted by Gasteiger charge is 2.12. The fourth-order valence-electron chi connectivity index (χ4n) is 3.14. The summed E-state index contributed by atoms with van der Waals surface area (Å²) in [5, 5.41) is 5.32. The van der Waals surface area contributed by atoms with Gasteiger partial charge in [0.25, 0.3) is 0 Å². The van der Waals surface area contributed by atoms with Gasteiger partial charge in [-0.15, -0.1) is 0 Å². The Bertz CT molecular complexity index is 837. The molecule has 1 heterocycles. The number of aromatic nitrogens is 1. The van der Waals surface area contributed by atoms with Crippen molar-refractivity contribution in [2.24, 2.45) is 0 Å². The van der Waals surface area contributed by atoms with Crippen LogP contribution in [0.5, 0.6) is 11.5 Å². The Balaban J connectivity index is 2.00. The Morgan fingerprint density at radius 3 is 2.04 bits per heavy atom. The highest BCUT2D eigenvalue weighted by molar-refractivity contribution is 6.08. The first-order chi connectivity index (χ1) is 12.2. The van der Waals surface area contributed by atoms with Gasteiger partial charge >= 0.3 is 0 Å². The van der Waals surface area contributed by atoms with E-state index < -0.39 is 0 Å². The summed E-state index contributed by atoms with van der Waals surface area (Å²) in [6.07, 6.45) is 1.38. The topological polar surface area (TPSA) is 52.5 Å². The Labute approximate surface area is 147 Å². The molecule has 5 nitrogen and oxygen atoms in total. The molecular weight excluding hydrogens is 316 g/mol. The van der Waals surface area contributed by atoms with E-state index in [4.69, 9.17) is 9.47 Å². The lowest BCUT2D eigenvalue weighted by molar-refractivity contribution is -0.120. The number of nitrogens with one attached hydrogen (secondary N) is 1. The minimum atomic E-state index is 0.0885. The highest BCUT2D eigenvalue weighted by atomic mass is 16.5. The SMILES string of the molecule is CCC(=O)NCCCn1c2cc(OC)ccc2c2ccc(OC)cc21. The number of nitrogens with zero attached hydrogens (tertiary/aromatic N) is 1. The summed E-state index contributed by atoms with van der Waals surface area (Å²) in [6, 6.07) is 12.3. The molecule has 0 aliphatic carbocycles. The van der Waals surface area contributed by atoms with Gasteiger partial charge in [0.05, 0.1) is 25.3 Å². The van der Waals surface area contributed by atoms with Crippen molar-refractivity contribution in [3.05, 3.63) is 36.4 Å². The molecule has 5 heteroatoms. The van der Waals surface area contributed by atoms with Crippen LogP contribution < -0.4 is 14.8 Å². The number of hydrogen-bond donors (Lipinski definition) is 1. The maximum atomic E-state index is 11.4. The fourth-order valence-corrected chi connectivity index (χ4v) is 3.14. The summed E-state index contributed by atoms with van der Waals surface area (Å²) in [6.45, 7) is 3.34. The van der Waals surface area contributed by atoms with Crippen molar-refractivity contribution < 1.29 is 14.3 Å². The van der Waals surface area contributed by atoms with Gasteiger partial charge in [0.15, 0.2) is 0 Å². The monoisotopic (exact) mass is 340 g/mol. The molecule has 1 aromatic heterocycles. The van der Waals surface area contributed by atoms with Crippen molar-refractivity contribution in [3.63, 3.8) is 0 Å². The maximum Gasteiger partial charge on any atom is 0.219 e. The predicted octanol–water partition coefficient (Wildman–Crippen LogP) is 3.73. The standard InChI is InChI=1S/C20H24N2O3/c1-4-20(23)21-10-5-11-22-18-12-14(24-2)6-8-16(18)17-9-7-15(25-3)13-19(17)22/h6-9,12-13H,4-5,10-11H2,1-3H3,(H,21,23). The van der Waals surface area contributed by atoms with E-state index in [1.165, 1.54) is 10.8 Å². The van der Waals surface area contributed by atoms with Crippen molar-refractivity contribution in [2.75, 3.05) is 20.8 Å². The lowest BCUT2D eigenvalue weighted by atomic mass is 10.1. The van der Waals surface area contributed by atoms with Gasteiger partial charge in [0, 0.05) is 42.4 Å². The maximum absolute atomic E-state index is 11.4. The lowest BCUT2D eigenvalue weighted by Crippen LogP contribution is -2.24. The number of fused-ring (bicyclic) bond motifs is 3. The summed E-state index contributed by atoms with van der Waals surface area (Å²) in [7, 11) is 3.36. The zero-order chi connectivity index (χ0) is 17.8. The van der Waals surface area contributed by atoms with Gasteiger partial charge in [0.2, 0.25) is 5.91 Å². The van der Waals surface area contributed by atoms with Crippen molar-refractivity contribution in [2.45, 2.75) is 26.3 Å². The quantitative estimate of drug-likeness (QED) is 0.667. The number of carbonyl (C=O) groups is 1. The average Bonchev–Trinajstić information content (AvgIpc) is 2.96. The van der Waals surface area contributed by atoms with E-state index in [1.807, 2.05) is 19.1 Å². The van der Waals surface area contributed by atoms with E-state index in [0.717, 1.165) is 35.5 Å². The van der Waals surface area contributed by atoms with Crippen molar-refractivity contribution >= 4 is 27.7 Å². The van der Waals surface area contributed by atoms with E-state index in [-0.39, 0.29) is 5.91 Å². The van der Waals surface area contributed by atoms with Crippen LogP contribution in [0.15, 0.2) is 36.4 Å². The highest BCUT2D eigenvalue weighted by Crippen LogP contribution is 2.33. The third-order valence-corrected chi connectivity index (χ3v) is 4.48. The van der Waals surface area contributed by atoms with Gasteiger partial charge in [-0.3, -0.25) is 4.79 Å². The molecule has 0 saturated carbocycles. The van der Waals surface area contributed by atoms with E-state index in [0.29, 0.717) is 13.0 Å². The molecule has 0 aliphatic heterocycles. The summed E-state index contributed by atoms with van der Waals surface area (Å²) < 4.78 is 13.1. The first-order valence-corrected chi connectivity index (χ1v) is 8.58. The molecule has 0 radical (unpaired) electrons. The average molecular weight is 340 g/mol. The first kappa shape index (κ1) is 17.1. The summed E-state index contributed by atoms with van der Waals surface area (Å²) in [4.78, 5) is 11.4. The zero-order valence-electron chi connectivity index (χ0n) is 15.0. The van der Waals surface area contributed by atoms with Crippen LogP contribution in [0.2, 0.25) is 0 Å². The lowest BCUT2D eigenvalue weighted by Gasteiger charge is -2.09. The van der Waals surface area contributed by atoms with E-state index >= 15 is 0 Å². The van der Waals surface area contributed by atoms with Gasteiger partial charge in [0.1, 0.15) is 11.5 Å². The first-order valence-electron chi connectivity index (χ1n) is 8.58. The van der Waals surface area contributed by atoms with E-state index in [1.54, 1.807) is 14.2 Å². The zero-order valence-corrected chi connectivity index (χ0v) is 15.0. The number of amides is 1. The predicted molar refractivity (Wildman–Crippen MR) is 100 cm³/mol. The van der Waals surface area contributed by atoms with Crippen molar-refractivity contribution in [1.29, 1.82) is 0 Å². The Morgan fingerprint density at radius 2 is 1.56 bits per heavy atom. The van der Waals surface area contributed by atoms with E-state index in [2.05, 4.69) is 34.1 Å². The summed E-state index contributed by atoms with van der Waals surface area (Å²) in [5.41, 5.74) is 2.26. The van der Waals surface area contributed by atoms with Crippen LogP contribution in [0.4, 0.5) is 0 Å². The number of carbonyl (C=O) groups excluding carboxylic acids is 1. The Hall–Kier alpha value is -2.69. The number of hydrogen-bond acceptors (Lipinski definition) is 3. The molecule has 0 atom stereocenters. The minimum Gasteiger partial charge on any atom is -0.497 e. The largest absolute Gasteiger partial charge is 0.497 e. The third-order valence-electron chi connectivity index (χ3n) is 4.48. The molecule has 25 heavy (non-hydrogen) atoms. The molecule has 0 bridgehead atoms. The molecule has 132 valence electrons. The fraction of sp³-hybridized carbons (Fsp3) is 0.350. The molecule has 0 fully saturated rings. The van der Waals surface area contributed by atoms with E-state index in [9.17, 15) is 4.79 Å². The molecule has 1 amide bonds. The molecule has 0 saturated heterocycles. The number of rotatable bonds is 7. The van der Waals surface area contributed by atoms with Crippen LogP contribution >= 0.6 is 0 Å². The summed E-state index contributed by atoms with van der Waals surface area (Å²) >= 11 is 0. The van der Waals surface area contributed by atoms with Crippen LogP contribution in [-0.4, -0.2) is 31.2 Å². The second-order valence-electron chi connectivity index (χ2n) is 5.97. The third kappa shape index (κ3) is 3.40. The molecular formula is C20H24N2O3. The van der Waals surface area contributed by atoms with Crippen LogP contribution in [0.25, 0.3) is 21.8 Å². The summed E-state index contributed by atoms with van der Waals surface area (Å²) in [5.74, 6) is 1.76. The molecule has 3 aromatic rings. The number of benzene rings is 2. The second-order valence-corrected chi connectivity index (χ2v) is 5.97. The molecule has 2 aromatic carbocycles. The normalized spacial score (nSPS) is 11.0. The number of methoxy groups -OCH3 is 2. The Kier molecular flexibility index (Phi) is 5.12. The van der Waals surface area contributed by atoms with Gasteiger partial charge in [-0.05, 0) is 30.7 Å². The molecule has 3 rings (SSSR count). The van der Waals surface area contributed by atoms with Crippen LogP contribution in [-0.2, 0) is 11.3 Å². The van der Waals surface area contributed by atoms with Gasteiger partial charge in [-0.25, -0.2) is 0 Å². The molecule has 1 N–H and O–H groups in total. The minimum absolute atomic E-state index is 0.0885. The van der Waals surface area contributed by atoms with Gasteiger partial charge in [-0.2, -0.15) is 0 Å². The molecule has 0 aliphatic rings. The van der Waals surface area contributed by atoms with Crippen LogP contribution in [0.1, 0.15) is 19.8 Å². The van der Waals surface area contributed by atoms with Gasteiger partial charge in [-0.1, -0.05) is 6.92 Å². The second kappa shape index (κ2) is 7.47. The molecule has 0 unspecified atom stereocenters. The van der Waals surface area contributed by atoms with Crippen LogP contribution in [0.3, 0.4) is 0 Å². The van der Waals surface area contributed by atoms with Gasteiger partial charge < -0.3 is 19.4 Å².